The maximum absolute atomic E-state index is 12.8. The van der Waals surface area contributed by atoms with E-state index < -0.39 is 32.5 Å². The molecule has 0 aromatic rings. The molecule has 2 atom stereocenters. The van der Waals surface area contributed by atoms with E-state index in [1.54, 1.807) is 0 Å². The maximum Gasteiger partial charge on any atom is 0.306 e. The molecule has 0 radical (unpaired) electrons. The van der Waals surface area contributed by atoms with E-state index in [9.17, 15) is 19.0 Å². The van der Waals surface area contributed by atoms with Gasteiger partial charge in [0.25, 0.3) is 7.82 Å². The summed E-state index contributed by atoms with van der Waals surface area (Å²) in [5.41, 5.74) is 0. The first-order valence-corrected chi connectivity index (χ1v) is 34.4. The van der Waals surface area contributed by atoms with Crippen LogP contribution in [-0.2, 0) is 32.7 Å². The fourth-order valence-corrected chi connectivity index (χ4v) is 9.77. The summed E-state index contributed by atoms with van der Waals surface area (Å²) in [4.78, 5) is 38.0. The summed E-state index contributed by atoms with van der Waals surface area (Å²) >= 11 is 0. The van der Waals surface area contributed by atoms with Crippen LogP contribution >= 0.6 is 7.82 Å². The van der Waals surface area contributed by atoms with Crippen LogP contribution in [0.1, 0.15) is 284 Å². The molecular weight excluding hydrogens is 1010 g/mol. The number of nitrogens with zero attached hydrogens (tertiary/aromatic N) is 1. The molecule has 0 saturated carbocycles. The Morgan fingerprint density at radius 3 is 1.06 bits per heavy atom. The van der Waals surface area contributed by atoms with Gasteiger partial charge < -0.3 is 27.9 Å². The third-order valence-electron chi connectivity index (χ3n) is 14.1. The summed E-state index contributed by atoms with van der Waals surface area (Å²) in [5.74, 6) is -0.842. The summed E-state index contributed by atoms with van der Waals surface area (Å²) < 4.78 is 34.2. The number of ether oxygens (including phenoxy) is 2. The van der Waals surface area contributed by atoms with Crippen molar-refractivity contribution in [2.75, 3.05) is 47.5 Å². The standard InChI is InChI=1S/C70H124NO8P/c1-6-8-10-12-14-16-18-20-22-24-26-27-28-29-30-31-32-33-34-35-36-37-38-39-40-41-42-43-45-47-49-51-53-55-57-59-61-63-70(73)79-68(67-78-80(74,75)77-65-64-71(3,4)5)66-76-69(72)62-60-58-56-54-52-50-48-46-44-25-23-21-19-17-15-13-11-9-7-2/h8,10,14-17,20-23,26-27,29-30,44,46,68H,6-7,9,11-13,18-19,24-25,28,31-43,45,47-67H2,1-5H3/b10-8-,16-14-,17-15-,22-20-,23-21-,27-26-,30-29-,46-44-. The lowest BCUT2D eigenvalue weighted by Crippen LogP contribution is -2.37. The first-order chi connectivity index (χ1) is 39.0. The van der Waals surface area contributed by atoms with Crippen molar-refractivity contribution in [3.05, 3.63) is 97.2 Å². The Morgan fingerprint density at radius 1 is 0.400 bits per heavy atom. The van der Waals surface area contributed by atoms with Crippen LogP contribution in [-0.4, -0.2) is 70.0 Å². The third-order valence-corrected chi connectivity index (χ3v) is 15.1. The molecular formula is C70H124NO8P. The largest absolute Gasteiger partial charge is 0.756 e. The average Bonchev–Trinajstić information content (AvgIpc) is 3.42. The first kappa shape index (κ1) is 76.9. The second-order valence-electron chi connectivity index (χ2n) is 23.1. The molecule has 0 aromatic carbocycles. The lowest BCUT2D eigenvalue weighted by atomic mass is 10.0. The van der Waals surface area contributed by atoms with Gasteiger partial charge in [0.05, 0.1) is 27.7 Å². The van der Waals surface area contributed by atoms with Gasteiger partial charge in [-0.1, -0.05) is 272 Å². The fourth-order valence-electron chi connectivity index (χ4n) is 9.04. The van der Waals surface area contributed by atoms with Crippen LogP contribution in [0.2, 0.25) is 0 Å². The minimum absolute atomic E-state index is 0.0351. The Balaban J connectivity index is 4.01. The minimum atomic E-state index is -4.64. The molecule has 462 valence electrons. The Kier molecular flexibility index (Phi) is 58.2. The van der Waals surface area contributed by atoms with Gasteiger partial charge in [-0.15, -0.1) is 0 Å². The molecule has 10 heteroatoms. The molecule has 0 heterocycles. The highest BCUT2D eigenvalue weighted by molar-refractivity contribution is 7.45. The number of quaternary nitrogens is 1. The van der Waals surface area contributed by atoms with Crippen molar-refractivity contribution in [1.29, 1.82) is 0 Å². The van der Waals surface area contributed by atoms with Crippen molar-refractivity contribution in [1.82, 2.24) is 0 Å². The molecule has 0 bridgehead atoms. The third kappa shape index (κ3) is 64.1. The van der Waals surface area contributed by atoms with Crippen LogP contribution in [0.15, 0.2) is 97.2 Å². The number of hydrogen-bond donors (Lipinski definition) is 0. The maximum atomic E-state index is 12.8. The molecule has 0 aromatic heterocycles. The number of phosphoric acid groups is 1. The summed E-state index contributed by atoms with van der Waals surface area (Å²) in [6, 6.07) is 0. The molecule has 2 unspecified atom stereocenters. The summed E-state index contributed by atoms with van der Waals surface area (Å²) in [7, 11) is 1.16. The van der Waals surface area contributed by atoms with Crippen LogP contribution in [0.4, 0.5) is 0 Å². The van der Waals surface area contributed by atoms with Crippen molar-refractivity contribution in [2.24, 2.45) is 0 Å². The lowest BCUT2D eigenvalue weighted by molar-refractivity contribution is -0.870. The van der Waals surface area contributed by atoms with Gasteiger partial charge in [-0.25, -0.2) is 0 Å². The normalized spacial score (nSPS) is 13.8. The summed E-state index contributed by atoms with van der Waals surface area (Å²) in [5, 5.41) is 0. The zero-order chi connectivity index (χ0) is 58.4. The van der Waals surface area contributed by atoms with E-state index in [0.29, 0.717) is 23.9 Å². The van der Waals surface area contributed by atoms with E-state index in [-0.39, 0.29) is 26.1 Å². The van der Waals surface area contributed by atoms with Gasteiger partial charge in [0, 0.05) is 12.8 Å². The van der Waals surface area contributed by atoms with Gasteiger partial charge in [-0.2, -0.15) is 0 Å². The molecule has 0 N–H and O–H groups in total. The van der Waals surface area contributed by atoms with Crippen molar-refractivity contribution >= 4 is 19.8 Å². The minimum Gasteiger partial charge on any atom is -0.756 e. The van der Waals surface area contributed by atoms with Gasteiger partial charge >= 0.3 is 11.9 Å². The molecule has 80 heavy (non-hydrogen) atoms. The molecule has 0 aliphatic heterocycles. The molecule has 0 aliphatic rings. The Hall–Kier alpha value is -3.07. The van der Waals surface area contributed by atoms with E-state index in [1.165, 1.54) is 154 Å². The molecule has 0 spiro atoms. The van der Waals surface area contributed by atoms with E-state index in [1.807, 2.05) is 21.1 Å². The number of phosphoric ester groups is 1. The summed E-state index contributed by atoms with van der Waals surface area (Å²) in [6.07, 6.45) is 83.4. The van der Waals surface area contributed by atoms with Crippen LogP contribution in [0.3, 0.4) is 0 Å². The van der Waals surface area contributed by atoms with E-state index in [0.717, 1.165) is 89.9 Å². The zero-order valence-corrected chi connectivity index (χ0v) is 53.4. The van der Waals surface area contributed by atoms with Gasteiger partial charge in [0.1, 0.15) is 19.8 Å². The molecule has 0 aliphatic carbocycles. The molecule has 0 rings (SSSR count). The highest BCUT2D eigenvalue weighted by Gasteiger charge is 2.22. The van der Waals surface area contributed by atoms with Crippen molar-refractivity contribution in [2.45, 2.75) is 290 Å². The topological polar surface area (TPSA) is 111 Å². The van der Waals surface area contributed by atoms with Crippen LogP contribution in [0.25, 0.3) is 0 Å². The van der Waals surface area contributed by atoms with Crippen molar-refractivity contribution in [3.63, 3.8) is 0 Å². The predicted octanol–water partition coefficient (Wildman–Crippen LogP) is 20.5. The van der Waals surface area contributed by atoms with E-state index in [2.05, 4.69) is 111 Å². The highest BCUT2D eigenvalue weighted by atomic mass is 31.2. The van der Waals surface area contributed by atoms with Crippen molar-refractivity contribution < 1.29 is 42.1 Å². The molecule has 0 amide bonds. The van der Waals surface area contributed by atoms with Crippen LogP contribution < -0.4 is 4.89 Å². The summed E-state index contributed by atoms with van der Waals surface area (Å²) in [6.45, 7) is 4.10. The second-order valence-corrected chi connectivity index (χ2v) is 24.5. The van der Waals surface area contributed by atoms with Gasteiger partial charge in [-0.05, 0) is 96.3 Å². The monoisotopic (exact) mass is 1140 g/mol. The second kappa shape index (κ2) is 60.5. The number of carbonyl (C=O) groups is 2. The average molecular weight is 1140 g/mol. The number of hydrogen-bond acceptors (Lipinski definition) is 8. The Morgan fingerprint density at radius 2 is 0.713 bits per heavy atom. The van der Waals surface area contributed by atoms with Crippen LogP contribution in [0, 0.1) is 0 Å². The number of carbonyl (C=O) groups excluding carboxylic acids is 2. The first-order valence-electron chi connectivity index (χ1n) is 32.9. The van der Waals surface area contributed by atoms with Gasteiger partial charge in [0.2, 0.25) is 0 Å². The highest BCUT2D eigenvalue weighted by Crippen LogP contribution is 2.38. The molecule has 0 saturated heterocycles. The fraction of sp³-hybridized carbons (Fsp3) is 0.743. The molecule has 9 nitrogen and oxygen atoms in total. The zero-order valence-electron chi connectivity index (χ0n) is 52.5. The predicted molar refractivity (Wildman–Crippen MR) is 342 cm³/mol. The van der Waals surface area contributed by atoms with E-state index in [4.69, 9.17) is 18.5 Å². The Bertz CT molecular complexity index is 1670. The smallest absolute Gasteiger partial charge is 0.306 e. The number of likely N-dealkylation sites (N-methyl/N-ethyl adjacent to an activating group) is 1. The van der Waals surface area contributed by atoms with Crippen LogP contribution in [0.5, 0.6) is 0 Å². The number of allylic oxidation sites excluding steroid dienone is 16. The van der Waals surface area contributed by atoms with Crippen molar-refractivity contribution in [3.8, 4) is 0 Å². The Labute approximate surface area is 493 Å². The SMILES string of the molecule is CC/C=C\C/C=C\C/C=C\C/C=C\C/C=C\CCCCCCCCCCCCCCCCCCCCCCCC(=O)OC(COC(=O)CCCCCCCC/C=C\C/C=C\C/C=C\CCCCC)COP(=O)([O-])OCC[N+](C)(C)C. The number of unbranched alkanes of at least 4 members (excludes halogenated alkanes) is 30. The lowest BCUT2D eigenvalue weighted by Gasteiger charge is -2.28. The molecule has 0 fully saturated rings. The number of rotatable bonds is 60. The van der Waals surface area contributed by atoms with E-state index >= 15 is 0 Å². The quantitative estimate of drug-likeness (QED) is 0.0195. The van der Waals surface area contributed by atoms with Gasteiger partial charge in [-0.3, -0.25) is 14.2 Å². The van der Waals surface area contributed by atoms with Gasteiger partial charge in [0.15, 0.2) is 6.10 Å². The number of esters is 2.